The molecule has 0 aromatic carbocycles. The van der Waals surface area contributed by atoms with Gasteiger partial charge in [-0.15, -0.1) is 24.0 Å². The van der Waals surface area contributed by atoms with Crippen LogP contribution in [0.15, 0.2) is 4.99 Å². The van der Waals surface area contributed by atoms with E-state index < -0.39 is 0 Å². The van der Waals surface area contributed by atoms with Crippen molar-refractivity contribution in [1.82, 2.24) is 10.6 Å². The van der Waals surface area contributed by atoms with Crippen LogP contribution in [0.4, 0.5) is 0 Å². The summed E-state index contributed by atoms with van der Waals surface area (Å²) in [7, 11) is 1.43. The topological polar surface area (TPSA) is 62.7 Å². The Labute approximate surface area is 159 Å². The second kappa shape index (κ2) is 17.8. The maximum Gasteiger partial charge on any atom is 0.305 e. The summed E-state index contributed by atoms with van der Waals surface area (Å²) in [6.07, 6.45) is 7.24. The predicted molar refractivity (Wildman–Crippen MR) is 109 cm³/mol. The highest BCUT2D eigenvalue weighted by Gasteiger charge is 2.06. The van der Waals surface area contributed by atoms with E-state index in [1.165, 1.54) is 32.8 Å². The highest BCUT2D eigenvalue weighted by molar-refractivity contribution is 14.0. The Kier molecular flexibility index (Phi) is 19.1. The molecule has 0 saturated heterocycles. The minimum atomic E-state index is -0.137. The number of aliphatic imine (C=N–C) groups is 1. The summed E-state index contributed by atoms with van der Waals surface area (Å²) in [5.41, 5.74) is 0. The lowest BCUT2D eigenvalue weighted by Crippen LogP contribution is -2.38. The predicted octanol–water partition coefficient (Wildman–Crippen LogP) is 3.72. The lowest BCUT2D eigenvalue weighted by molar-refractivity contribution is -0.140. The summed E-state index contributed by atoms with van der Waals surface area (Å²) in [4.78, 5) is 15.7. The van der Waals surface area contributed by atoms with E-state index in [1.807, 2.05) is 0 Å². The van der Waals surface area contributed by atoms with E-state index in [9.17, 15) is 4.79 Å². The Morgan fingerprint density at radius 2 is 1.87 bits per heavy atom. The third kappa shape index (κ3) is 14.8. The van der Waals surface area contributed by atoms with Gasteiger partial charge in [0.1, 0.15) is 0 Å². The van der Waals surface area contributed by atoms with Crippen LogP contribution < -0.4 is 10.6 Å². The smallest absolute Gasteiger partial charge is 0.305 e. The van der Waals surface area contributed by atoms with E-state index in [1.54, 1.807) is 0 Å². The largest absolute Gasteiger partial charge is 0.469 e. The van der Waals surface area contributed by atoms with Crippen molar-refractivity contribution in [2.24, 2.45) is 10.9 Å². The van der Waals surface area contributed by atoms with Gasteiger partial charge in [-0.25, -0.2) is 0 Å². The first kappa shape index (κ1) is 24.7. The summed E-state index contributed by atoms with van der Waals surface area (Å²) in [6.45, 7) is 9.12. The number of halogens is 1. The van der Waals surface area contributed by atoms with Crippen LogP contribution in [0.1, 0.15) is 65.7 Å². The van der Waals surface area contributed by atoms with Gasteiger partial charge in [-0.1, -0.05) is 33.1 Å². The summed E-state index contributed by atoms with van der Waals surface area (Å²) in [5.74, 6) is 1.42. The molecule has 0 spiro atoms. The number of hydrogen-bond donors (Lipinski definition) is 2. The molecule has 23 heavy (non-hydrogen) atoms. The Balaban J connectivity index is 0. The number of nitrogens with one attached hydrogen (secondary N) is 2. The Morgan fingerprint density at radius 1 is 1.13 bits per heavy atom. The molecule has 0 aliphatic carbocycles. The van der Waals surface area contributed by atoms with Gasteiger partial charge >= 0.3 is 5.97 Å². The SMILES string of the molecule is CCCCC(CC)CN=C(NCC)NCCCCC(=O)OC.I. The molecule has 0 saturated carbocycles. The first-order chi connectivity index (χ1) is 10.7. The van der Waals surface area contributed by atoms with E-state index in [0.29, 0.717) is 12.3 Å². The zero-order valence-corrected chi connectivity index (χ0v) is 17.7. The molecule has 0 aliphatic heterocycles. The van der Waals surface area contributed by atoms with Gasteiger partial charge in [0.2, 0.25) is 0 Å². The maximum absolute atomic E-state index is 11.0. The first-order valence-corrected chi connectivity index (χ1v) is 8.76. The van der Waals surface area contributed by atoms with Gasteiger partial charge in [0, 0.05) is 26.1 Å². The van der Waals surface area contributed by atoms with Crippen molar-refractivity contribution in [3.8, 4) is 0 Å². The number of ether oxygens (including phenoxy) is 1. The molecular weight excluding hydrogens is 405 g/mol. The average molecular weight is 441 g/mol. The second-order valence-electron chi connectivity index (χ2n) is 5.60. The van der Waals surface area contributed by atoms with E-state index in [0.717, 1.165) is 38.4 Å². The van der Waals surface area contributed by atoms with E-state index in [2.05, 4.69) is 41.1 Å². The number of nitrogens with zero attached hydrogens (tertiary/aromatic N) is 1. The van der Waals surface area contributed by atoms with Crippen LogP contribution in [0, 0.1) is 5.92 Å². The van der Waals surface area contributed by atoms with Crippen LogP contribution in [0.25, 0.3) is 0 Å². The fourth-order valence-corrected chi connectivity index (χ4v) is 2.18. The molecule has 5 nitrogen and oxygen atoms in total. The maximum atomic E-state index is 11.0. The van der Waals surface area contributed by atoms with Gasteiger partial charge in [-0.2, -0.15) is 0 Å². The monoisotopic (exact) mass is 441 g/mol. The highest BCUT2D eigenvalue weighted by Crippen LogP contribution is 2.12. The number of carbonyl (C=O) groups is 1. The fourth-order valence-electron chi connectivity index (χ4n) is 2.18. The molecule has 1 unspecified atom stereocenters. The van der Waals surface area contributed by atoms with E-state index in [-0.39, 0.29) is 29.9 Å². The van der Waals surface area contributed by atoms with E-state index in [4.69, 9.17) is 0 Å². The first-order valence-electron chi connectivity index (χ1n) is 8.76. The number of carbonyl (C=O) groups excluding carboxylic acids is 1. The molecule has 0 aromatic heterocycles. The van der Waals surface area contributed by atoms with Crippen molar-refractivity contribution >= 4 is 35.9 Å². The third-order valence-electron chi connectivity index (χ3n) is 3.72. The molecule has 1 atom stereocenters. The van der Waals surface area contributed by atoms with Crippen LogP contribution in [0.2, 0.25) is 0 Å². The van der Waals surface area contributed by atoms with Crippen LogP contribution in [-0.2, 0) is 9.53 Å². The number of guanidine groups is 1. The number of methoxy groups -OCH3 is 1. The van der Waals surface area contributed by atoms with Crippen molar-refractivity contribution in [3.05, 3.63) is 0 Å². The van der Waals surface area contributed by atoms with Crippen LogP contribution >= 0.6 is 24.0 Å². The summed E-state index contributed by atoms with van der Waals surface area (Å²) in [5, 5.41) is 6.61. The molecule has 0 rings (SSSR count). The number of hydrogen-bond acceptors (Lipinski definition) is 3. The van der Waals surface area contributed by atoms with Gasteiger partial charge < -0.3 is 15.4 Å². The molecule has 0 heterocycles. The molecule has 6 heteroatoms. The number of rotatable bonds is 12. The summed E-state index contributed by atoms with van der Waals surface area (Å²) in [6, 6.07) is 0. The minimum absolute atomic E-state index is 0. The third-order valence-corrected chi connectivity index (χ3v) is 3.72. The van der Waals surface area contributed by atoms with Crippen molar-refractivity contribution in [2.45, 2.75) is 65.7 Å². The van der Waals surface area contributed by atoms with E-state index >= 15 is 0 Å². The Hall–Kier alpha value is -0.530. The molecular formula is C17H36IN3O2. The lowest BCUT2D eigenvalue weighted by Gasteiger charge is -2.15. The number of unbranched alkanes of at least 4 members (excludes halogenated alkanes) is 2. The summed E-state index contributed by atoms with van der Waals surface area (Å²) >= 11 is 0. The van der Waals surface area contributed by atoms with Crippen molar-refractivity contribution in [3.63, 3.8) is 0 Å². The quantitative estimate of drug-likeness (QED) is 0.159. The highest BCUT2D eigenvalue weighted by atomic mass is 127. The van der Waals surface area contributed by atoms with Crippen molar-refractivity contribution in [2.75, 3.05) is 26.7 Å². The van der Waals surface area contributed by atoms with Crippen molar-refractivity contribution in [1.29, 1.82) is 0 Å². The fraction of sp³-hybridized carbons (Fsp3) is 0.882. The molecule has 0 aromatic rings. The second-order valence-corrected chi connectivity index (χ2v) is 5.60. The zero-order chi connectivity index (χ0) is 16.6. The van der Waals surface area contributed by atoms with Crippen LogP contribution in [-0.4, -0.2) is 38.7 Å². The van der Waals surface area contributed by atoms with Gasteiger partial charge in [-0.05, 0) is 32.1 Å². The van der Waals surface area contributed by atoms with Gasteiger partial charge in [0.05, 0.1) is 7.11 Å². The molecule has 2 N–H and O–H groups in total. The molecule has 0 aliphatic rings. The molecule has 0 amide bonds. The van der Waals surface area contributed by atoms with Gasteiger partial charge in [0.15, 0.2) is 5.96 Å². The van der Waals surface area contributed by atoms with Crippen LogP contribution in [0.5, 0.6) is 0 Å². The molecule has 0 fully saturated rings. The minimum Gasteiger partial charge on any atom is -0.469 e. The zero-order valence-electron chi connectivity index (χ0n) is 15.3. The van der Waals surface area contributed by atoms with Crippen molar-refractivity contribution < 1.29 is 9.53 Å². The van der Waals surface area contributed by atoms with Crippen LogP contribution in [0.3, 0.4) is 0 Å². The summed E-state index contributed by atoms with van der Waals surface area (Å²) < 4.78 is 4.63. The standard InChI is InChI=1S/C17H35N3O2.HI/c1-5-8-11-15(6-2)14-20-17(18-7-3)19-13-10-9-12-16(21)22-4;/h15H,5-14H2,1-4H3,(H2,18,19,20);1H. The normalized spacial score (nSPS) is 12.3. The molecule has 0 radical (unpaired) electrons. The molecule has 138 valence electrons. The van der Waals surface area contributed by atoms with Gasteiger partial charge in [0.25, 0.3) is 0 Å². The Morgan fingerprint density at radius 3 is 2.43 bits per heavy atom. The molecule has 0 bridgehead atoms. The number of esters is 1. The Bertz CT molecular complexity index is 312. The van der Waals surface area contributed by atoms with Gasteiger partial charge in [-0.3, -0.25) is 9.79 Å². The lowest BCUT2D eigenvalue weighted by atomic mass is 10.00. The average Bonchev–Trinajstić information content (AvgIpc) is 2.54.